The molecule has 1 aromatic rings. The van der Waals surface area contributed by atoms with Crippen LogP contribution in [0.4, 0.5) is 0 Å². The Morgan fingerprint density at radius 2 is 2.14 bits per heavy atom. The standard InChI is InChI=1S/C16H23NO3S/c1-11(9-14-7-4-8-21-14)17(2)15(18)12-5-3-6-13(10-12)16(19)20/h4,7-8,11-13H,3,5-6,9-10H2,1-2H3,(H,19,20). The Kier molecular flexibility index (Phi) is 5.39. The van der Waals surface area contributed by atoms with E-state index >= 15 is 0 Å². The molecule has 1 aliphatic rings. The molecule has 21 heavy (non-hydrogen) atoms. The van der Waals surface area contributed by atoms with Gasteiger partial charge in [0.05, 0.1) is 5.92 Å². The first-order valence-electron chi connectivity index (χ1n) is 7.51. The van der Waals surface area contributed by atoms with E-state index in [2.05, 4.69) is 13.0 Å². The molecule has 1 aliphatic carbocycles. The van der Waals surface area contributed by atoms with E-state index in [-0.39, 0.29) is 23.8 Å². The lowest BCUT2D eigenvalue weighted by Gasteiger charge is -2.32. The summed E-state index contributed by atoms with van der Waals surface area (Å²) < 4.78 is 0. The molecular formula is C16H23NO3S. The Bertz CT molecular complexity index is 486. The Balaban J connectivity index is 1.93. The lowest BCUT2D eigenvalue weighted by molar-refractivity contribution is -0.145. The molecule has 1 amide bonds. The lowest BCUT2D eigenvalue weighted by Crippen LogP contribution is -2.42. The van der Waals surface area contributed by atoms with Gasteiger partial charge < -0.3 is 10.0 Å². The molecule has 0 radical (unpaired) electrons. The van der Waals surface area contributed by atoms with Crippen molar-refractivity contribution >= 4 is 23.2 Å². The molecule has 0 bridgehead atoms. The maximum Gasteiger partial charge on any atom is 0.306 e. The number of hydrogen-bond acceptors (Lipinski definition) is 3. The van der Waals surface area contributed by atoms with E-state index in [0.29, 0.717) is 12.8 Å². The normalized spacial score (nSPS) is 23.5. The highest BCUT2D eigenvalue weighted by atomic mass is 32.1. The molecule has 0 spiro atoms. The summed E-state index contributed by atoms with van der Waals surface area (Å²) in [4.78, 5) is 26.8. The van der Waals surface area contributed by atoms with Crippen LogP contribution in [-0.2, 0) is 16.0 Å². The number of rotatable bonds is 5. The third-order valence-corrected chi connectivity index (χ3v) is 5.36. The van der Waals surface area contributed by atoms with Crippen LogP contribution in [0.25, 0.3) is 0 Å². The lowest BCUT2D eigenvalue weighted by atomic mass is 9.80. The predicted molar refractivity (Wildman–Crippen MR) is 83.3 cm³/mol. The van der Waals surface area contributed by atoms with Crippen molar-refractivity contribution in [2.75, 3.05) is 7.05 Å². The molecule has 5 heteroatoms. The number of nitrogens with zero attached hydrogens (tertiary/aromatic N) is 1. The van der Waals surface area contributed by atoms with E-state index in [1.165, 1.54) is 4.88 Å². The molecule has 1 heterocycles. The second kappa shape index (κ2) is 7.07. The van der Waals surface area contributed by atoms with Gasteiger partial charge in [-0.15, -0.1) is 11.3 Å². The third-order valence-electron chi connectivity index (χ3n) is 4.46. The highest BCUT2D eigenvalue weighted by Gasteiger charge is 2.33. The van der Waals surface area contributed by atoms with Crippen molar-refractivity contribution < 1.29 is 14.7 Å². The maximum absolute atomic E-state index is 12.6. The van der Waals surface area contributed by atoms with Gasteiger partial charge in [-0.05, 0) is 37.6 Å². The van der Waals surface area contributed by atoms with Crippen LogP contribution in [0.5, 0.6) is 0 Å². The van der Waals surface area contributed by atoms with Crippen molar-refractivity contribution in [1.82, 2.24) is 4.90 Å². The van der Waals surface area contributed by atoms with E-state index < -0.39 is 5.97 Å². The molecule has 0 aromatic carbocycles. The number of carboxylic acid groups (broad SMARTS) is 1. The zero-order chi connectivity index (χ0) is 15.4. The average Bonchev–Trinajstić information content (AvgIpc) is 2.98. The summed E-state index contributed by atoms with van der Waals surface area (Å²) in [6.07, 6.45) is 3.70. The van der Waals surface area contributed by atoms with Gasteiger partial charge in [-0.25, -0.2) is 0 Å². The predicted octanol–water partition coefficient (Wildman–Crippen LogP) is 3.03. The van der Waals surface area contributed by atoms with Gasteiger partial charge in [0.1, 0.15) is 0 Å². The first-order chi connectivity index (χ1) is 9.99. The molecular weight excluding hydrogens is 286 g/mol. The van der Waals surface area contributed by atoms with Gasteiger partial charge in [-0.1, -0.05) is 12.5 Å². The highest BCUT2D eigenvalue weighted by molar-refractivity contribution is 7.09. The van der Waals surface area contributed by atoms with E-state index in [4.69, 9.17) is 5.11 Å². The van der Waals surface area contributed by atoms with Crippen LogP contribution < -0.4 is 0 Å². The first-order valence-corrected chi connectivity index (χ1v) is 8.39. The highest BCUT2D eigenvalue weighted by Crippen LogP contribution is 2.31. The number of amides is 1. The number of carbonyl (C=O) groups is 2. The van der Waals surface area contributed by atoms with E-state index in [0.717, 1.165) is 19.3 Å². The molecule has 3 atom stereocenters. The summed E-state index contributed by atoms with van der Waals surface area (Å²) in [5.41, 5.74) is 0. The molecule has 4 nitrogen and oxygen atoms in total. The van der Waals surface area contributed by atoms with Crippen LogP contribution in [0, 0.1) is 11.8 Å². The van der Waals surface area contributed by atoms with Gasteiger partial charge in [-0.3, -0.25) is 9.59 Å². The first kappa shape index (κ1) is 16.0. The molecule has 1 N–H and O–H groups in total. The van der Waals surface area contributed by atoms with Gasteiger partial charge in [-0.2, -0.15) is 0 Å². The zero-order valence-corrected chi connectivity index (χ0v) is 13.4. The SMILES string of the molecule is CC(Cc1cccs1)N(C)C(=O)C1CCCC(C(=O)O)C1. The minimum absolute atomic E-state index is 0.102. The maximum atomic E-state index is 12.6. The van der Waals surface area contributed by atoms with Crippen molar-refractivity contribution in [2.24, 2.45) is 11.8 Å². The van der Waals surface area contributed by atoms with Crippen molar-refractivity contribution in [1.29, 1.82) is 0 Å². The van der Waals surface area contributed by atoms with Gasteiger partial charge >= 0.3 is 5.97 Å². The van der Waals surface area contributed by atoms with Crippen LogP contribution >= 0.6 is 11.3 Å². The monoisotopic (exact) mass is 309 g/mol. The summed E-state index contributed by atoms with van der Waals surface area (Å²) >= 11 is 1.70. The van der Waals surface area contributed by atoms with E-state index in [9.17, 15) is 9.59 Å². The van der Waals surface area contributed by atoms with Crippen LogP contribution in [0.1, 0.15) is 37.5 Å². The van der Waals surface area contributed by atoms with Crippen LogP contribution in [0.15, 0.2) is 17.5 Å². The average molecular weight is 309 g/mol. The fraction of sp³-hybridized carbons (Fsp3) is 0.625. The molecule has 1 aromatic heterocycles. The summed E-state index contributed by atoms with van der Waals surface area (Å²) in [5, 5.41) is 11.2. The second-order valence-corrected chi connectivity index (χ2v) is 7.01. The van der Waals surface area contributed by atoms with Crippen LogP contribution in [0.2, 0.25) is 0 Å². The number of carboxylic acids is 1. The van der Waals surface area contributed by atoms with Crippen LogP contribution in [0.3, 0.4) is 0 Å². The minimum Gasteiger partial charge on any atom is -0.481 e. The number of aliphatic carboxylic acids is 1. The number of likely N-dealkylation sites (N-methyl/N-ethyl adjacent to an activating group) is 1. The molecule has 116 valence electrons. The van der Waals surface area contributed by atoms with Crippen molar-refractivity contribution in [2.45, 2.75) is 45.1 Å². The minimum atomic E-state index is -0.762. The molecule has 1 fully saturated rings. The smallest absolute Gasteiger partial charge is 0.306 e. The van der Waals surface area contributed by atoms with Crippen LogP contribution in [-0.4, -0.2) is 35.0 Å². The summed E-state index contributed by atoms with van der Waals surface area (Å²) in [7, 11) is 1.84. The Morgan fingerprint density at radius 3 is 2.76 bits per heavy atom. The number of carbonyl (C=O) groups excluding carboxylic acids is 1. The van der Waals surface area contributed by atoms with Crippen molar-refractivity contribution in [3.63, 3.8) is 0 Å². The Labute approximate surface area is 129 Å². The molecule has 2 rings (SSSR count). The third kappa shape index (κ3) is 4.06. The quantitative estimate of drug-likeness (QED) is 0.909. The zero-order valence-electron chi connectivity index (χ0n) is 12.6. The molecule has 1 saturated carbocycles. The molecule has 0 aliphatic heterocycles. The van der Waals surface area contributed by atoms with E-state index in [1.54, 1.807) is 16.2 Å². The van der Waals surface area contributed by atoms with Crippen molar-refractivity contribution in [3.8, 4) is 0 Å². The number of hydrogen-bond donors (Lipinski definition) is 1. The number of thiophene rings is 1. The fourth-order valence-corrected chi connectivity index (χ4v) is 3.83. The van der Waals surface area contributed by atoms with Gasteiger partial charge in [0.2, 0.25) is 5.91 Å². The molecule has 0 saturated heterocycles. The Hall–Kier alpha value is -1.36. The van der Waals surface area contributed by atoms with E-state index in [1.807, 2.05) is 18.5 Å². The molecule has 3 unspecified atom stereocenters. The van der Waals surface area contributed by atoms with Gasteiger partial charge in [0.15, 0.2) is 0 Å². The summed E-state index contributed by atoms with van der Waals surface area (Å²) in [5.74, 6) is -1.14. The van der Waals surface area contributed by atoms with Gasteiger partial charge in [0, 0.05) is 30.3 Å². The van der Waals surface area contributed by atoms with Crippen molar-refractivity contribution in [3.05, 3.63) is 22.4 Å². The summed E-state index contributed by atoms with van der Waals surface area (Å²) in [6.45, 7) is 2.05. The van der Waals surface area contributed by atoms with Gasteiger partial charge in [0.25, 0.3) is 0 Å². The largest absolute Gasteiger partial charge is 0.481 e. The Morgan fingerprint density at radius 1 is 1.43 bits per heavy atom. The second-order valence-electron chi connectivity index (χ2n) is 5.98. The fourth-order valence-electron chi connectivity index (χ4n) is 3.00. The topological polar surface area (TPSA) is 57.6 Å². The summed E-state index contributed by atoms with van der Waals surface area (Å²) in [6, 6.07) is 4.24.